The Morgan fingerprint density at radius 1 is 1.35 bits per heavy atom. The third kappa shape index (κ3) is 6.52. The number of likely N-dealkylation sites (tertiary alicyclic amines) is 1. The van der Waals surface area contributed by atoms with E-state index in [9.17, 15) is 8.42 Å². The molecule has 1 rings (SSSR count). The van der Waals surface area contributed by atoms with Crippen molar-refractivity contribution in [1.82, 2.24) is 14.9 Å². The fraction of sp³-hybridized carbons (Fsp3) is 1.00. The van der Waals surface area contributed by atoms with Gasteiger partial charge >= 0.3 is 0 Å². The lowest BCUT2D eigenvalue weighted by atomic mass is 9.91. The highest BCUT2D eigenvalue weighted by atomic mass is 32.2. The number of hydrogen-bond donors (Lipinski definition) is 2. The molecule has 0 aliphatic carbocycles. The normalized spacial score (nSPS) is 22.9. The SMILES string of the molecule is CCCN1CCCC(C(C)NCCS(=O)(=O)NCC)C1. The second kappa shape index (κ2) is 8.97. The summed E-state index contributed by atoms with van der Waals surface area (Å²) in [5, 5.41) is 3.38. The Labute approximate surface area is 124 Å². The predicted molar refractivity (Wildman–Crippen MR) is 84.4 cm³/mol. The Hall–Kier alpha value is -0.170. The zero-order valence-corrected chi connectivity index (χ0v) is 14.0. The number of nitrogens with one attached hydrogen (secondary N) is 2. The molecule has 2 atom stereocenters. The van der Waals surface area contributed by atoms with Gasteiger partial charge < -0.3 is 10.2 Å². The van der Waals surface area contributed by atoms with Crippen LogP contribution < -0.4 is 10.0 Å². The molecule has 0 saturated carbocycles. The number of piperidine rings is 1. The van der Waals surface area contributed by atoms with Crippen LogP contribution in [0.5, 0.6) is 0 Å². The molecule has 1 aliphatic heterocycles. The summed E-state index contributed by atoms with van der Waals surface area (Å²) in [5.74, 6) is 0.800. The van der Waals surface area contributed by atoms with Gasteiger partial charge in [-0.25, -0.2) is 13.1 Å². The molecule has 0 bridgehead atoms. The molecule has 1 aliphatic rings. The van der Waals surface area contributed by atoms with Crippen molar-refractivity contribution in [2.45, 2.75) is 46.1 Å². The molecule has 1 fully saturated rings. The van der Waals surface area contributed by atoms with E-state index >= 15 is 0 Å². The Balaban J connectivity index is 2.30. The molecule has 1 saturated heterocycles. The van der Waals surface area contributed by atoms with Gasteiger partial charge in [-0.15, -0.1) is 0 Å². The van der Waals surface area contributed by atoms with E-state index in [1.165, 1.54) is 32.4 Å². The van der Waals surface area contributed by atoms with E-state index in [0.717, 1.165) is 6.54 Å². The standard InChI is InChI=1S/C14H31N3O2S/c1-4-9-17-10-6-7-14(12-17)13(3)15-8-11-20(18,19)16-5-2/h13-16H,4-12H2,1-3H3. The lowest BCUT2D eigenvalue weighted by Gasteiger charge is -2.36. The van der Waals surface area contributed by atoms with Gasteiger partial charge in [0.1, 0.15) is 0 Å². The molecule has 5 nitrogen and oxygen atoms in total. The van der Waals surface area contributed by atoms with Gasteiger partial charge in [-0.1, -0.05) is 13.8 Å². The van der Waals surface area contributed by atoms with Gasteiger partial charge in [-0.05, 0) is 45.2 Å². The number of hydrogen-bond acceptors (Lipinski definition) is 4. The first kappa shape index (κ1) is 17.9. The average Bonchev–Trinajstić information content (AvgIpc) is 2.39. The van der Waals surface area contributed by atoms with Gasteiger partial charge in [0.25, 0.3) is 0 Å². The van der Waals surface area contributed by atoms with Crippen molar-refractivity contribution in [2.24, 2.45) is 5.92 Å². The number of nitrogens with zero attached hydrogens (tertiary/aromatic N) is 1. The van der Waals surface area contributed by atoms with Crippen molar-refractivity contribution in [1.29, 1.82) is 0 Å². The fourth-order valence-corrected chi connectivity index (χ4v) is 3.87. The van der Waals surface area contributed by atoms with Gasteiger partial charge in [-0.3, -0.25) is 0 Å². The summed E-state index contributed by atoms with van der Waals surface area (Å²) in [6, 6.07) is 0.381. The highest BCUT2D eigenvalue weighted by Gasteiger charge is 2.24. The maximum absolute atomic E-state index is 11.6. The summed E-state index contributed by atoms with van der Waals surface area (Å²) >= 11 is 0. The van der Waals surface area contributed by atoms with Crippen LogP contribution in [-0.2, 0) is 10.0 Å². The van der Waals surface area contributed by atoms with Crippen LogP contribution in [0.25, 0.3) is 0 Å². The largest absolute Gasteiger partial charge is 0.313 e. The van der Waals surface area contributed by atoms with Crippen LogP contribution in [0.4, 0.5) is 0 Å². The fourth-order valence-electron chi connectivity index (χ4n) is 2.90. The first-order valence-electron chi connectivity index (χ1n) is 7.91. The monoisotopic (exact) mass is 305 g/mol. The summed E-state index contributed by atoms with van der Waals surface area (Å²) in [6.45, 7) is 10.7. The van der Waals surface area contributed by atoms with Crippen LogP contribution in [0, 0.1) is 5.92 Å². The molecule has 6 heteroatoms. The molecule has 1 heterocycles. The van der Waals surface area contributed by atoms with E-state index in [4.69, 9.17) is 0 Å². The predicted octanol–water partition coefficient (Wildman–Crippen LogP) is 1.03. The average molecular weight is 305 g/mol. The highest BCUT2D eigenvalue weighted by Crippen LogP contribution is 2.19. The molecule has 0 radical (unpaired) electrons. The van der Waals surface area contributed by atoms with Gasteiger partial charge in [0, 0.05) is 25.7 Å². The van der Waals surface area contributed by atoms with Crippen molar-refractivity contribution in [3.63, 3.8) is 0 Å². The van der Waals surface area contributed by atoms with Crippen LogP contribution in [0.1, 0.15) is 40.0 Å². The minimum absolute atomic E-state index is 0.163. The van der Waals surface area contributed by atoms with Crippen molar-refractivity contribution in [2.75, 3.05) is 38.5 Å². The molecule has 2 unspecified atom stereocenters. The first-order chi connectivity index (χ1) is 9.48. The second-order valence-corrected chi connectivity index (χ2v) is 7.69. The maximum atomic E-state index is 11.6. The molecule has 120 valence electrons. The molecule has 20 heavy (non-hydrogen) atoms. The zero-order valence-electron chi connectivity index (χ0n) is 13.2. The molecule has 0 amide bonds. The molecule has 0 aromatic carbocycles. The molecule has 2 N–H and O–H groups in total. The summed E-state index contributed by atoms with van der Waals surface area (Å²) in [6.07, 6.45) is 3.70. The van der Waals surface area contributed by atoms with E-state index < -0.39 is 10.0 Å². The molecular weight excluding hydrogens is 274 g/mol. The zero-order chi connectivity index (χ0) is 15.0. The number of sulfonamides is 1. The van der Waals surface area contributed by atoms with Crippen LogP contribution in [0.3, 0.4) is 0 Å². The van der Waals surface area contributed by atoms with E-state index in [2.05, 4.69) is 28.8 Å². The molecule has 0 aromatic rings. The Bertz CT molecular complexity index is 357. The maximum Gasteiger partial charge on any atom is 0.212 e. The smallest absolute Gasteiger partial charge is 0.212 e. The van der Waals surface area contributed by atoms with Crippen LogP contribution >= 0.6 is 0 Å². The third-order valence-corrected chi connectivity index (χ3v) is 5.46. The van der Waals surface area contributed by atoms with E-state index in [1.54, 1.807) is 6.92 Å². The van der Waals surface area contributed by atoms with Crippen molar-refractivity contribution in [3.8, 4) is 0 Å². The summed E-state index contributed by atoms with van der Waals surface area (Å²) < 4.78 is 25.7. The van der Waals surface area contributed by atoms with Gasteiger partial charge in [0.05, 0.1) is 5.75 Å². The summed E-state index contributed by atoms with van der Waals surface area (Å²) in [4.78, 5) is 2.53. The van der Waals surface area contributed by atoms with E-state index in [0.29, 0.717) is 25.0 Å². The van der Waals surface area contributed by atoms with Gasteiger partial charge in [-0.2, -0.15) is 0 Å². The van der Waals surface area contributed by atoms with Crippen LogP contribution in [0.15, 0.2) is 0 Å². The van der Waals surface area contributed by atoms with Crippen molar-refractivity contribution >= 4 is 10.0 Å². The van der Waals surface area contributed by atoms with E-state index in [-0.39, 0.29) is 5.75 Å². The highest BCUT2D eigenvalue weighted by molar-refractivity contribution is 7.89. The lowest BCUT2D eigenvalue weighted by Crippen LogP contribution is -2.46. The van der Waals surface area contributed by atoms with Crippen LogP contribution in [-0.4, -0.2) is 57.8 Å². The van der Waals surface area contributed by atoms with Crippen molar-refractivity contribution in [3.05, 3.63) is 0 Å². The van der Waals surface area contributed by atoms with E-state index in [1.807, 2.05) is 0 Å². The Kier molecular flexibility index (Phi) is 8.02. The quantitative estimate of drug-likeness (QED) is 0.668. The van der Waals surface area contributed by atoms with Gasteiger partial charge in [0.2, 0.25) is 10.0 Å². The van der Waals surface area contributed by atoms with Crippen molar-refractivity contribution < 1.29 is 8.42 Å². The van der Waals surface area contributed by atoms with Gasteiger partial charge in [0.15, 0.2) is 0 Å². The topological polar surface area (TPSA) is 61.4 Å². The lowest BCUT2D eigenvalue weighted by molar-refractivity contribution is 0.152. The molecule has 0 spiro atoms. The minimum Gasteiger partial charge on any atom is -0.313 e. The third-order valence-electron chi connectivity index (χ3n) is 3.99. The second-order valence-electron chi connectivity index (χ2n) is 5.76. The molecular formula is C14H31N3O2S. The van der Waals surface area contributed by atoms with Crippen LogP contribution in [0.2, 0.25) is 0 Å². The Morgan fingerprint density at radius 3 is 2.75 bits per heavy atom. The first-order valence-corrected chi connectivity index (χ1v) is 9.56. The summed E-state index contributed by atoms with van der Waals surface area (Å²) in [5.41, 5.74) is 0. The minimum atomic E-state index is -3.10. The summed E-state index contributed by atoms with van der Waals surface area (Å²) in [7, 11) is -3.10. The molecule has 0 aromatic heterocycles. The number of rotatable bonds is 9. The Morgan fingerprint density at radius 2 is 2.10 bits per heavy atom.